The molecule has 3 heteroatoms. The highest BCUT2D eigenvalue weighted by Gasteiger charge is 2.12. The van der Waals surface area contributed by atoms with E-state index in [2.05, 4.69) is 34.6 Å². The molecule has 0 aromatic carbocycles. The molecule has 1 aliphatic rings. The zero-order chi connectivity index (χ0) is 9.64. The minimum absolute atomic E-state index is 0.772. The van der Waals surface area contributed by atoms with Crippen LogP contribution in [-0.4, -0.2) is 24.1 Å². The van der Waals surface area contributed by atoms with E-state index in [0.29, 0.717) is 0 Å². The third-order valence-corrected chi connectivity index (χ3v) is 4.70. The highest BCUT2D eigenvalue weighted by atomic mass is 32.2. The third kappa shape index (κ3) is 3.30. The Morgan fingerprint density at radius 1 is 1.50 bits per heavy atom. The van der Waals surface area contributed by atoms with E-state index < -0.39 is 0 Å². The van der Waals surface area contributed by atoms with Crippen LogP contribution in [0.1, 0.15) is 17.7 Å². The van der Waals surface area contributed by atoms with Gasteiger partial charge in [-0.2, -0.15) is 11.8 Å². The van der Waals surface area contributed by atoms with Gasteiger partial charge >= 0.3 is 0 Å². The lowest BCUT2D eigenvalue weighted by Gasteiger charge is -2.22. The highest BCUT2D eigenvalue weighted by Crippen LogP contribution is 2.17. The Bertz CT molecular complexity index is 240. The molecular weight excluding hydrogens is 210 g/mol. The molecule has 1 aromatic rings. The lowest BCUT2D eigenvalue weighted by Crippen LogP contribution is -2.34. The number of thioether (sulfide) groups is 1. The molecule has 0 amide bonds. The molecule has 0 saturated carbocycles. The maximum Gasteiger partial charge on any atom is 0.0158 e. The first-order chi connectivity index (χ1) is 6.95. The van der Waals surface area contributed by atoms with E-state index in [0.717, 1.165) is 12.6 Å². The molecule has 1 saturated heterocycles. The second-order valence-electron chi connectivity index (χ2n) is 3.70. The zero-order valence-electron chi connectivity index (χ0n) is 8.37. The van der Waals surface area contributed by atoms with Crippen molar-refractivity contribution in [3.63, 3.8) is 0 Å². The van der Waals surface area contributed by atoms with E-state index in [-0.39, 0.29) is 0 Å². The van der Waals surface area contributed by atoms with Crippen molar-refractivity contribution in [3.8, 4) is 0 Å². The van der Waals surface area contributed by atoms with E-state index in [1.165, 1.54) is 35.6 Å². The normalized spacial score (nSPS) is 22.4. The first-order valence-corrected chi connectivity index (χ1v) is 7.32. The SMILES string of the molecule is c1csc(CCN[C@H]2CCCSC2)c1. The van der Waals surface area contributed by atoms with Crippen molar-refractivity contribution >= 4 is 23.1 Å². The van der Waals surface area contributed by atoms with Crippen LogP contribution in [0.25, 0.3) is 0 Å². The first-order valence-electron chi connectivity index (χ1n) is 5.28. The van der Waals surface area contributed by atoms with Crippen LogP contribution in [0.5, 0.6) is 0 Å². The van der Waals surface area contributed by atoms with Gasteiger partial charge in [-0.25, -0.2) is 0 Å². The Morgan fingerprint density at radius 2 is 2.50 bits per heavy atom. The molecule has 2 rings (SSSR count). The number of rotatable bonds is 4. The highest BCUT2D eigenvalue weighted by molar-refractivity contribution is 7.99. The second-order valence-corrected chi connectivity index (χ2v) is 5.88. The summed E-state index contributed by atoms with van der Waals surface area (Å²) in [6.07, 6.45) is 3.96. The molecule has 0 spiro atoms. The van der Waals surface area contributed by atoms with Gasteiger partial charge < -0.3 is 5.32 Å². The van der Waals surface area contributed by atoms with Crippen molar-refractivity contribution in [2.75, 3.05) is 18.1 Å². The van der Waals surface area contributed by atoms with Crippen LogP contribution in [0, 0.1) is 0 Å². The maximum absolute atomic E-state index is 3.65. The van der Waals surface area contributed by atoms with Crippen LogP contribution >= 0.6 is 23.1 Å². The summed E-state index contributed by atoms with van der Waals surface area (Å²) in [6.45, 7) is 1.14. The summed E-state index contributed by atoms with van der Waals surface area (Å²) in [5.41, 5.74) is 0. The van der Waals surface area contributed by atoms with Gasteiger partial charge in [-0.3, -0.25) is 0 Å². The fraction of sp³-hybridized carbons (Fsp3) is 0.636. The lowest BCUT2D eigenvalue weighted by molar-refractivity contribution is 0.512. The van der Waals surface area contributed by atoms with Gasteiger partial charge in [-0.1, -0.05) is 6.07 Å². The molecule has 14 heavy (non-hydrogen) atoms. The van der Waals surface area contributed by atoms with Crippen LogP contribution in [0.4, 0.5) is 0 Å². The van der Waals surface area contributed by atoms with E-state index in [1.54, 1.807) is 0 Å². The quantitative estimate of drug-likeness (QED) is 0.849. The van der Waals surface area contributed by atoms with Gasteiger partial charge in [0.15, 0.2) is 0 Å². The van der Waals surface area contributed by atoms with Gasteiger partial charge in [0.05, 0.1) is 0 Å². The second kappa shape index (κ2) is 5.79. The van der Waals surface area contributed by atoms with Crippen molar-refractivity contribution in [2.45, 2.75) is 25.3 Å². The molecular formula is C11H17NS2. The first kappa shape index (κ1) is 10.5. The van der Waals surface area contributed by atoms with Crippen LogP contribution in [0.3, 0.4) is 0 Å². The lowest BCUT2D eigenvalue weighted by atomic mass is 10.2. The van der Waals surface area contributed by atoms with Crippen molar-refractivity contribution in [3.05, 3.63) is 22.4 Å². The van der Waals surface area contributed by atoms with Crippen LogP contribution < -0.4 is 5.32 Å². The smallest absolute Gasteiger partial charge is 0.0158 e. The summed E-state index contributed by atoms with van der Waals surface area (Å²) in [7, 11) is 0. The summed E-state index contributed by atoms with van der Waals surface area (Å²) in [5, 5.41) is 5.80. The Balaban J connectivity index is 1.62. The largest absolute Gasteiger partial charge is 0.313 e. The molecule has 2 heterocycles. The summed E-state index contributed by atoms with van der Waals surface area (Å²) < 4.78 is 0. The van der Waals surface area contributed by atoms with Gasteiger partial charge in [0.25, 0.3) is 0 Å². The molecule has 1 N–H and O–H groups in total. The standard InChI is InChI=1S/C11H17NS2/c1-3-10(9-13-7-1)12-6-5-11-4-2-8-14-11/h2,4,8,10,12H,1,3,5-7,9H2/t10-/m0/s1. The van der Waals surface area contributed by atoms with Crippen molar-refractivity contribution in [1.29, 1.82) is 0 Å². The Labute approximate surface area is 94.3 Å². The van der Waals surface area contributed by atoms with Gasteiger partial charge in [-0.15, -0.1) is 11.3 Å². The number of hydrogen-bond donors (Lipinski definition) is 1. The van der Waals surface area contributed by atoms with E-state index >= 15 is 0 Å². The molecule has 0 aliphatic carbocycles. The topological polar surface area (TPSA) is 12.0 Å². The molecule has 1 aromatic heterocycles. The monoisotopic (exact) mass is 227 g/mol. The Morgan fingerprint density at radius 3 is 3.21 bits per heavy atom. The summed E-state index contributed by atoms with van der Waals surface area (Å²) in [5.74, 6) is 2.67. The fourth-order valence-electron chi connectivity index (χ4n) is 1.76. The van der Waals surface area contributed by atoms with Gasteiger partial charge in [0, 0.05) is 23.2 Å². The fourth-order valence-corrected chi connectivity index (χ4v) is 3.57. The van der Waals surface area contributed by atoms with Crippen molar-refractivity contribution in [2.24, 2.45) is 0 Å². The average Bonchev–Trinajstić information content (AvgIpc) is 2.72. The molecule has 0 unspecified atom stereocenters. The van der Waals surface area contributed by atoms with Crippen LogP contribution in [0.2, 0.25) is 0 Å². The van der Waals surface area contributed by atoms with E-state index in [4.69, 9.17) is 0 Å². The molecule has 0 radical (unpaired) electrons. The van der Waals surface area contributed by atoms with Gasteiger partial charge in [0.2, 0.25) is 0 Å². The van der Waals surface area contributed by atoms with E-state index in [9.17, 15) is 0 Å². The molecule has 1 aliphatic heterocycles. The summed E-state index contributed by atoms with van der Waals surface area (Å²) in [6, 6.07) is 5.13. The zero-order valence-corrected chi connectivity index (χ0v) is 10.0. The summed E-state index contributed by atoms with van der Waals surface area (Å²) >= 11 is 3.96. The minimum Gasteiger partial charge on any atom is -0.313 e. The third-order valence-electron chi connectivity index (χ3n) is 2.54. The predicted molar refractivity (Wildman–Crippen MR) is 66.4 cm³/mol. The molecule has 1 nitrogen and oxygen atoms in total. The van der Waals surface area contributed by atoms with Gasteiger partial charge in [-0.05, 0) is 36.5 Å². The van der Waals surface area contributed by atoms with Gasteiger partial charge in [0.1, 0.15) is 0 Å². The predicted octanol–water partition coefficient (Wildman–Crippen LogP) is 2.78. The molecule has 1 atom stereocenters. The Kier molecular flexibility index (Phi) is 4.35. The van der Waals surface area contributed by atoms with Crippen LogP contribution in [-0.2, 0) is 6.42 Å². The number of hydrogen-bond acceptors (Lipinski definition) is 3. The maximum atomic E-state index is 3.65. The molecule has 78 valence electrons. The van der Waals surface area contributed by atoms with Crippen molar-refractivity contribution in [1.82, 2.24) is 5.32 Å². The van der Waals surface area contributed by atoms with Crippen LogP contribution in [0.15, 0.2) is 17.5 Å². The van der Waals surface area contributed by atoms with E-state index in [1.807, 2.05) is 11.3 Å². The number of thiophene rings is 1. The molecule has 0 bridgehead atoms. The average molecular weight is 227 g/mol. The molecule has 1 fully saturated rings. The summed E-state index contributed by atoms with van der Waals surface area (Å²) in [4.78, 5) is 1.50. The van der Waals surface area contributed by atoms with Crippen molar-refractivity contribution < 1.29 is 0 Å². The Hall–Kier alpha value is 0.01000. The number of nitrogens with one attached hydrogen (secondary N) is 1. The minimum atomic E-state index is 0.772.